The van der Waals surface area contributed by atoms with E-state index in [2.05, 4.69) is 0 Å². The summed E-state index contributed by atoms with van der Waals surface area (Å²) in [6.07, 6.45) is 1.57. The molecule has 1 aliphatic rings. The van der Waals surface area contributed by atoms with E-state index in [4.69, 9.17) is 18.9 Å². The number of Topliss-reactive ketones (excluding diaryl/α,β-unsaturated/α-hetero) is 1. The van der Waals surface area contributed by atoms with Gasteiger partial charge in [0.15, 0.2) is 5.78 Å². The maximum absolute atomic E-state index is 13.6. The molecular weight excluding hydrogens is 452 g/mol. The highest BCUT2D eigenvalue weighted by atomic mass is 16.5. The first-order valence-corrected chi connectivity index (χ1v) is 11.7. The average Bonchev–Trinajstić information content (AvgIpc) is 3.46. The van der Waals surface area contributed by atoms with E-state index in [0.717, 1.165) is 12.8 Å². The summed E-state index contributed by atoms with van der Waals surface area (Å²) in [7, 11) is 4.33. The highest BCUT2D eigenvalue weighted by Gasteiger charge is 2.31. The Kier molecular flexibility index (Phi) is 8.56. The number of hydrogen-bond donors (Lipinski definition) is 0. The van der Waals surface area contributed by atoms with Crippen molar-refractivity contribution >= 4 is 17.7 Å². The van der Waals surface area contributed by atoms with Crippen LogP contribution in [0.15, 0.2) is 18.2 Å². The van der Waals surface area contributed by atoms with Gasteiger partial charge < -0.3 is 28.4 Å². The largest absolute Gasteiger partial charge is 0.497 e. The molecule has 1 aromatic carbocycles. The molecular formula is C26H34N2O7. The van der Waals surface area contributed by atoms with Crippen LogP contribution in [0.1, 0.15) is 62.2 Å². The van der Waals surface area contributed by atoms with Gasteiger partial charge in [-0.2, -0.15) is 0 Å². The number of benzene rings is 1. The Morgan fingerprint density at radius 2 is 1.89 bits per heavy atom. The summed E-state index contributed by atoms with van der Waals surface area (Å²) in [4.78, 5) is 41.2. The van der Waals surface area contributed by atoms with E-state index < -0.39 is 5.97 Å². The van der Waals surface area contributed by atoms with Crippen LogP contribution < -0.4 is 9.47 Å². The molecule has 0 saturated carbocycles. The van der Waals surface area contributed by atoms with Gasteiger partial charge in [0.05, 0.1) is 39.5 Å². The molecule has 0 N–H and O–H groups in total. The van der Waals surface area contributed by atoms with Crippen molar-refractivity contribution in [2.45, 2.75) is 46.3 Å². The van der Waals surface area contributed by atoms with E-state index >= 15 is 0 Å². The molecule has 3 rings (SSSR count). The molecule has 0 aliphatic carbocycles. The lowest BCUT2D eigenvalue weighted by atomic mass is 10.0. The first-order chi connectivity index (χ1) is 16.8. The topological polar surface area (TPSA) is 96.3 Å². The van der Waals surface area contributed by atoms with Crippen molar-refractivity contribution in [3.63, 3.8) is 0 Å². The van der Waals surface area contributed by atoms with E-state index in [0.29, 0.717) is 52.7 Å². The second kappa shape index (κ2) is 11.4. The van der Waals surface area contributed by atoms with Crippen LogP contribution in [0.2, 0.25) is 0 Å². The van der Waals surface area contributed by atoms with Crippen molar-refractivity contribution in [3.05, 3.63) is 46.3 Å². The number of carbonyl (C=O) groups is 3. The molecule has 2 aromatic rings. The fourth-order valence-corrected chi connectivity index (χ4v) is 4.71. The molecule has 9 nitrogen and oxygen atoms in total. The Morgan fingerprint density at radius 1 is 1.14 bits per heavy atom. The average molecular weight is 487 g/mol. The second-order valence-electron chi connectivity index (χ2n) is 8.48. The van der Waals surface area contributed by atoms with Crippen LogP contribution in [0.3, 0.4) is 0 Å². The zero-order valence-corrected chi connectivity index (χ0v) is 21.3. The predicted molar refractivity (Wildman–Crippen MR) is 130 cm³/mol. The zero-order valence-electron chi connectivity index (χ0n) is 21.3. The van der Waals surface area contributed by atoms with Crippen molar-refractivity contribution in [2.75, 3.05) is 41.0 Å². The van der Waals surface area contributed by atoms with Gasteiger partial charge in [-0.25, -0.2) is 4.79 Å². The Hall–Kier alpha value is -3.33. The quantitative estimate of drug-likeness (QED) is 0.375. The molecule has 1 atom stereocenters. The smallest absolute Gasteiger partial charge is 0.354 e. The van der Waals surface area contributed by atoms with Gasteiger partial charge in [0.25, 0.3) is 5.91 Å². The van der Waals surface area contributed by atoms with Gasteiger partial charge >= 0.3 is 5.97 Å². The molecule has 0 spiro atoms. The molecule has 1 fully saturated rings. The maximum Gasteiger partial charge on any atom is 0.354 e. The molecule has 0 bridgehead atoms. The SMILES string of the molecule is CCn1c(C)c(C(=O)CN(CC2CCCO2)C(=O)c2ccc(OC)cc2OC)c(C)c1C(=O)OC. The Bertz CT molecular complexity index is 1100. The highest BCUT2D eigenvalue weighted by Crippen LogP contribution is 2.28. The molecule has 1 aliphatic heterocycles. The van der Waals surface area contributed by atoms with E-state index in [1.807, 2.05) is 6.92 Å². The summed E-state index contributed by atoms with van der Waals surface area (Å²) in [6.45, 7) is 6.68. The van der Waals surface area contributed by atoms with E-state index in [1.54, 1.807) is 36.6 Å². The predicted octanol–water partition coefficient (Wildman–Crippen LogP) is 3.43. The van der Waals surface area contributed by atoms with Crippen LogP contribution in [-0.4, -0.2) is 74.3 Å². The second-order valence-corrected chi connectivity index (χ2v) is 8.48. The fraction of sp³-hybridized carbons (Fsp3) is 0.500. The number of methoxy groups -OCH3 is 3. The van der Waals surface area contributed by atoms with Gasteiger partial charge in [0.2, 0.25) is 0 Å². The van der Waals surface area contributed by atoms with Crippen LogP contribution in [0.4, 0.5) is 0 Å². The maximum atomic E-state index is 13.6. The van der Waals surface area contributed by atoms with Gasteiger partial charge in [-0.1, -0.05) is 0 Å². The van der Waals surface area contributed by atoms with Crippen molar-refractivity contribution < 1.29 is 33.3 Å². The molecule has 9 heteroatoms. The molecule has 0 radical (unpaired) electrons. The summed E-state index contributed by atoms with van der Waals surface area (Å²) in [5.41, 5.74) is 2.33. The van der Waals surface area contributed by atoms with Gasteiger partial charge in [-0.15, -0.1) is 0 Å². The number of aromatic nitrogens is 1. The van der Waals surface area contributed by atoms with Crippen molar-refractivity contribution in [3.8, 4) is 11.5 Å². The summed E-state index contributed by atoms with van der Waals surface area (Å²) < 4.78 is 23.1. The Morgan fingerprint density at radius 3 is 2.46 bits per heavy atom. The van der Waals surface area contributed by atoms with Crippen LogP contribution in [0.25, 0.3) is 0 Å². The highest BCUT2D eigenvalue weighted by molar-refractivity contribution is 6.06. The molecule has 1 saturated heterocycles. The number of hydrogen-bond acceptors (Lipinski definition) is 7. The van der Waals surface area contributed by atoms with E-state index in [1.165, 1.54) is 26.2 Å². The van der Waals surface area contributed by atoms with Gasteiger partial charge in [0, 0.05) is 37.0 Å². The normalized spacial score (nSPS) is 15.1. The third kappa shape index (κ3) is 5.35. The molecule has 1 aromatic heterocycles. The number of ketones is 1. The van der Waals surface area contributed by atoms with Gasteiger partial charge in [-0.05, 0) is 51.3 Å². The van der Waals surface area contributed by atoms with Crippen molar-refractivity contribution in [1.82, 2.24) is 9.47 Å². The minimum atomic E-state index is -0.498. The number of amides is 1. The minimum Gasteiger partial charge on any atom is -0.497 e. The van der Waals surface area contributed by atoms with Gasteiger partial charge in [-0.3, -0.25) is 9.59 Å². The first-order valence-electron chi connectivity index (χ1n) is 11.7. The van der Waals surface area contributed by atoms with Crippen LogP contribution >= 0.6 is 0 Å². The fourth-order valence-electron chi connectivity index (χ4n) is 4.71. The van der Waals surface area contributed by atoms with Crippen LogP contribution in [0.5, 0.6) is 11.5 Å². The standard InChI is InChI=1S/C26H34N2O7/c1-7-28-17(3)23(16(2)24(28)26(31)34-6)21(29)15-27(14-19-9-8-12-35-19)25(30)20-11-10-18(32-4)13-22(20)33-5/h10-11,13,19H,7-9,12,14-15H2,1-6H3. The lowest BCUT2D eigenvalue weighted by Crippen LogP contribution is -2.41. The minimum absolute atomic E-state index is 0.149. The zero-order chi connectivity index (χ0) is 25.7. The summed E-state index contributed by atoms with van der Waals surface area (Å²) in [5.74, 6) is -0.177. The van der Waals surface area contributed by atoms with Gasteiger partial charge in [0.1, 0.15) is 17.2 Å². The van der Waals surface area contributed by atoms with E-state index in [9.17, 15) is 14.4 Å². The number of esters is 1. The number of rotatable bonds is 10. The van der Waals surface area contributed by atoms with E-state index in [-0.39, 0.29) is 30.9 Å². The third-order valence-electron chi connectivity index (χ3n) is 6.45. The molecule has 1 unspecified atom stereocenters. The number of nitrogens with zero attached hydrogens (tertiary/aromatic N) is 2. The summed E-state index contributed by atoms with van der Waals surface area (Å²) >= 11 is 0. The molecule has 35 heavy (non-hydrogen) atoms. The Labute approximate surface area is 205 Å². The summed E-state index contributed by atoms with van der Waals surface area (Å²) in [6, 6.07) is 4.95. The third-order valence-corrected chi connectivity index (χ3v) is 6.45. The lowest BCUT2D eigenvalue weighted by molar-refractivity contribution is 0.0504. The van der Waals surface area contributed by atoms with Crippen LogP contribution in [0, 0.1) is 13.8 Å². The lowest BCUT2D eigenvalue weighted by Gasteiger charge is -2.26. The van der Waals surface area contributed by atoms with Crippen molar-refractivity contribution in [2.24, 2.45) is 0 Å². The molecule has 2 heterocycles. The first kappa shape index (κ1) is 26.3. The Balaban J connectivity index is 1.98. The number of ether oxygens (including phenoxy) is 4. The van der Waals surface area contributed by atoms with Crippen LogP contribution in [-0.2, 0) is 16.0 Å². The monoisotopic (exact) mass is 486 g/mol. The number of carbonyl (C=O) groups excluding carboxylic acids is 3. The molecule has 1 amide bonds. The van der Waals surface area contributed by atoms with Crippen molar-refractivity contribution in [1.29, 1.82) is 0 Å². The molecule has 190 valence electrons. The summed E-state index contributed by atoms with van der Waals surface area (Å²) in [5, 5.41) is 0.